The minimum Gasteiger partial charge on any atom is -0.392 e. The molecule has 3 unspecified atom stereocenters. The van der Waals surface area contributed by atoms with Crippen LogP contribution in [0.15, 0.2) is 24.3 Å². The van der Waals surface area contributed by atoms with Gasteiger partial charge < -0.3 is 15.6 Å². The van der Waals surface area contributed by atoms with E-state index in [4.69, 9.17) is 10.5 Å². The Balaban J connectivity index is 1.91. The van der Waals surface area contributed by atoms with E-state index in [2.05, 4.69) is 0 Å². The van der Waals surface area contributed by atoms with Gasteiger partial charge in [-0.05, 0) is 43.7 Å². The van der Waals surface area contributed by atoms with Gasteiger partial charge in [-0.25, -0.2) is 4.39 Å². The molecule has 3 nitrogen and oxygen atoms in total. The van der Waals surface area contributed by atoms with Crippen molar-refractivity contribution in [2.45, 2.75) is 50.2 Å². The van der Waals surface area contributed by atoms with Crippen LogP contribution in [0, 0.1) is 5.82 Å². The summed E-state index contributed by atoms with van der Waals surface area (Å²) >= 11 is 0. The lowest BCUT2D eigenvalue weighted by molar-refractivity contribution is 0.000351. The fourth-order valence-electron chi connectivity index (χ4n) is 2.86. The van der Waals surface area contributed by atoms with Crippen LogP contribution in [0.2, 0.25) is 0 Å². The fourth-order valence-corrected chi connectivity index (χ4v) is 2.86. The molecule has 0 aliphatic carbocycles. The summed E-state index contributed by atoms with van der Waals surface area (Å²) < 4.78 is 19.4. The van der Waals surface area contributed by atoms with Gasteiger partial charge in [-0.15, -0.1) is 0 Å². The Morgan fingerprint density at radius 2 is 2.15 bits per heavy atom. The molecule has 4 heteroatoms. The van der Waals surface area contributed by atoms with E-state index in [1.54, 1.807) is 18.2 Å². The van der Waals surface area contributed by atoms with Gasteiger partial charge >= 0.3 is 0 Å². The number of aliphatic hydroxyl groups excluding tert-OH is 1. The smallest absolute Gasteiger partial charge is 0.126 e. The van der Waals surface area contributed by atoms with E-state index >= 15 is 0 Å². The van der Waals surface area contributed by atoms with Gasteiger partial charge in [0.15, 0.2) is 0 Å². The van der Waals surface area contributed by atoms with E-state index in [1.165, 1.54) is 12.5 Å². The highest BCUT2D eigenvalue weighted by Crippen LogP contribution is 2.26. The van der Waals surface area contributed by atoms with Gasteiger partial charge in [0, 0.05) is 19.1 Å². The second-order valence-electron chi connectivity index (χ2n) is 5.50. The lowest BCUT2D eigenvalue weighted by Crippen LogP contribution is -2.29. The third-order valence-corrected chi connectivity index (χ3v) is 4.08. The second-order valence-corrected chi connectivity index (χ2v) is 5.50. The zero-order chi connectivity index (χ0) is 14.4. The molecule has 0 bridgehead atoms. The first-order valence-corrected chi connectivity index (χ1v) is 7.46. The number of hydrogen-bond acceptors (Lipinski definition) is 3. The molecule has 0 aromatic heterocycles. The van der Waals surface area contributed by atoms with Crippen LogP contribution in [0.25, 0.3) is 0 Å². The quantitative estimate of drug-likeness (QED) is 0.842. The van der Waals surface area contributed by atoms with Crippen LogP contribution >= 0.6 is 0 Å². The minimum absolute atomic E-state index is 0.234. The standard InChI is InChI=1S/C16H24FNO2/c17-15-7-2-1-6-13(15)14(11-18)16(19)9-8-12-5-3-4-10-20-12/h1-2,6-7,12,14,16,19H,3-5,8-11,18H2. The minimum atomic E-state index is -0.623. The van der Waals surface area contributed by atoms with Gasteiger partial charge in [-0.3, -0.25) is 0 Å². The monoisotopic (exact) mass is 281 g/mol. The predicted molar refractivity (Wildman–Crippen MR) is 77.0 cm³/mol. The topological polar surface area (TPSA) is 55.5 Å². The van der Waals surface area contributed by atoms with Crippen molar-refractivity contribution < 1.29 is 14.2 Å². The third-order valence-electron chi connectivity index (χ3n) is 4.08. The molecular weight excluding hydrogens is 257 g/mol. The van der Waals surface area contributed by atoms with Crippen LogP contribution < -0.4 is 5.73 Å². The summed E-state index contributed by atoms with van der Waals surface area (Å²) in [5, 5.41) is 10.3. The lowest BCUT2D eigenvalue weighted by Gasteiger charge is -2.26. The predicted octanol–water partition coefficient (Wildman–Crippen LogP) is 2.58. The number of ether oxygens (including phenoxy) is 1. The first kappa shape index (κ1) is 15.4. The summed E-state index contributed by atoms with van der Waals surface area (Å²) in [6.45, 7) is 1.06. The zero-order valence-electron chi connectivity index (χ0n) is 11.8. The summed E-state index contributed by atoms with van der Waals surface area (Å²) in [4.78, 5) is 0. The highest BCUT2D eigenvalue weighted by molar-refractivity contribution is 5.23. The average Bonchev–Trinajstić information content (AvgIpc) is 2.49. The Hall–Kier alpha value is -0.970. The number of halogens is 1. The molecule has 0 amide bonds. The number of hydrogen-bond donors (Lipinski definition) is 2. The van der Waals surface area contributed by atoms with E-state index in [9.17, 15) is 9.50 Å². The van der Waals surface area contributed by atoms with E-state index < -0.39 is 6.10 Å². The maximum Gasteiger partial charge on any atom is 0.126 e. The van der Waals surface area contributed by atoms with Crippen molar-refractivity contribution in [1.29, 1.82) is 0 Å². The van der Waals surface area contributed by atoms with E-state index in [1.807, 2.05) is 0 Å². The normalized spacial score (nSPS) is 22.4. The molecule has 0 spiro atoms. The maximum absolute atomic E-state index is 13.8. The van der Waals surface area contributed by atoms with Crippen molar-refractivity contribution in [3.8, 4) is 0 Å². The second kappa shape index (κ2) is 7.72. The van der Waals surface area contributed by atoms with Crippen LogP contribution in [0.5, 0.6) is 0 Å². The molecule has 1 saturated heterocycles. The first-order valence-electron chi connectivity index (χ1n) is 7.46. The van der Waals surface area contributed by atoms with Crippen molar-refractivity contribution in [2.24, 2.45) is 5.73 Å². The van der Waals surface area contributed by atoms with Gasteiger partial charge in [-0.1, -0.05) is 18.2 Å². The van der Waals surface area contributed by atoms with Crippen LogP contribution in [-0.2, 0) is 4.74 Å². The van der Waals surface area contributed by atoms with Crippen LogP contribution in [0.3, 0.4) is 0 Å². The molecule has 1 heterocycles. The Kier molecular flexibility index (Phi) is 5.95. The molecule has 20 heavy (non-hydrogen) atoms. The number of benzene rings is 1. The Bertz CT molecular complexity index is 407. The molecule has 1 aliphatic rings. The molecular formula is C16H24FNO2. The van der Waals surface area contributed by atoms with Crippen LogP contribution in [0.4, 0.5) is 4.39 Å². The van der Waals surface area contributed by atoms with Crippen molar-refractivity contribution in [2.75, 3.05) is 13.2 Å². The van der Waals surface area contributed by atoms with Gasteiger partial charge in [0.05, 0.1) is 12.2 Å². The molecule has 1 fully saturated rings. The molecule has 112 valence electrons. The Morgan fingerprint density at radius 1 is 1.35 bits per heavy atom. The lowest BCUT2D eigenvalue weighted by atomic mass is 9.89. The van der Waals surface area contributed by atoms with Gasteiger partial charge in [0.1, 0.15) is 5.82 Å². The molecule has 0 radical (unpaired) electrons. The Morgan fingerprint density at radius 3 is 2.80 bits per heavy atom. The van der Waals surface area contributed by atoms with Crippen molar-refractivity contribution in [3.63, 3.8) is 0 Å². The van der Waals surface area contributed by atoms with Crippen molar-refractivity contribution in [3.05, 3.63) is 35.6 Å². The molecule has 0 saturated carbocycles. The van der Waals surface area contributed by atoms with Crippen molar-refractivity contribution >= 4 is 0 Å². The molecule has 3 N–H and O–H groups in total. The van der Waals surface area contributed by atoms with E-state index in [0.29, 0.717) is 12.0 Å². The van der Waals surface area contributed by atoms with Gasteiger partial charge in [0.25, 0.3) is 0 Å². The SMILES string of the molecule is NCC(c1ccccc1F)C(O)CCC1CCCCO1. The fraction of sp³-hybridized carbons (Fsp3) is 0.625. The first-order chi connectivity index (χ1) is 9.72. The van der Waals surface area contributed by atoms with Gasteiger partial charge in [-0.2, -0.15) is 0 Å². The highest BCUT2D eigenvalue weighted by atomic mass is 19.1. The summed E-state index contributed by atoms with van der Waals surface area (Å²) in [6.07, 6.45) is 4.39. The summed E-state index contributed by atoms with van der Waals surface area (Å²) in [7, 11) is 0. The molecule has 1 aliphatic heterocycles. The Labute approximate surface area is 119 Å². The summed E-state index contributed by atoms with van der Waals surface area (Å²) in [5.74, 6) is -0.643. The van der Waals surface area contributed by atoms with Crippen molar-refractivity contribution in [1.82, 2.24) is 0 Å². The number of nitrogens with two attached hydrogens (primary N) is 1. The van der Waals surface area contributed by atoms with Gasteiger partial charge in [0.2, 0.25) is 0 Å². The van der Waals surface area contributed by atoms with Crippen LogP contribution in [-0.4, -0.2) is 30.5 Å². The largest absolute Gasteiger partial charge is 0.392 e. The molecule has 1 aromatic rings. The highest BCUT2D eigenvalue weighted by Gasteiger charge is 2.24. The molecule has 1 aromatic carbocycles. The third kappa shape index (κ3) is 4.01. The average molecular weight is 281 g/mol. The maximum atomic E-state index is 13.8. The number of rotatable bonds is 6. The molecule has 2 rings (SSSR count). The summed E-state index contributed by atoms with van der Waals surface area (Å²) in [6, 6.07) is 6.54. The summed E-state index contributed by atoms with van der Waals surface area (Å²) in [5.41, 5.74) is 6.23. The molecule has 3 atom stereocenters. The number of aliphatic hydroxyl groups is 1. The zero-order valence-corrected chi connectivity index (χ0v) is 11.8. The van der Waals surface area contributed by atoms with E-state index in [-0.39, 0.29) is 24.4 Å². The van der Waals surface area contributed by atoms with E-state index in [0.717, 1.165) is 25.9 Å². The van der Waals surface area contributed by atoms with Crippen LogP contribution in [0.1, 0.15) is 43.6 Å².